The topological polar surface area (TPSA) is 9.72 Å². The molecule has 0 N–H and O–H groups in total. The molecular formula is C58H53N3. The lowest BCUT2D eigenvalue weighted by Gasteiger charge is -2.40. The van der Waals surface area contributed by atoms with Gasteiger partial charge in [0.2, 0.25) is 0 Å². The van der Waals surface area contributed by atoms with E-state index in [1.807, 2.05) is 0 Å². The van der Waals surface area contributed by atoms with Crippen LogP contribution in [-0.4, -0.2) is 17.0 Å². The molecule has 0 aromatic heterocycles. The predicted molar refractivity (Wildman–Crippen MR) is 258 cm³/mol. The maximum atomic E-state index is 2.63. The third-order valence-corrected chi connectivity index (χ3v) is 13.1. The second-order valence-electron chi connectivity index (χ2n) is 18.1. The van der Waals surface area contributed by atoms with Crippen LogP contribution < -0.4 is 9.80 Å². The highest BCUT2D eigenvalue weighted by molar-refractivity contribution is 6.02. The van der Waals surface area contributed by atoms with Gasteiger partial charge in [0.05, 0.1) is 5.69 Å². The zero-order chi connectivity index (χ0) is 41.7. The van der Waals surface area contributed by atoms with Gasteiger partial charge in [-0.15, -0.1) is 0 Å². The Morgan fingerprint density at radius 3 is 1.67 bits per heavy atom. The van der Waals surface area contributed by atoms with E-state index in [9.17, 15) is 0 Å². The Bertz CT molecular complexity index is 2800. The lowest BCUT2D eigenvalue weighted by Crippen LogP contribution is -2.44. The lowest BCUT2D eigenvalue weighted by atomic mass is 9.80. The van der Waals surface area contributed by atoms with Crippen LogP contribution in [0.15, 0.2) is 194 Å². The fourth-order valence-corrected chi connectivity index (χ4v) is 9.89. The lowest BCUT2D eigenvalue weighted by molar-refractivity contribution is 0.121. The van der Waals surface area contributed by atoms with Crippen LogP contribution in [-0.2, 0) is 18.4 Å². The first-order valence-corrected chi connectivity index (χ1v) is 21.8. The van der Waals surface area contributed by atoms with Crippen LogP contribution >= 0.6 is 0 Å². The van der Waals surface area contributed by atoms with E-state index in [-0.39, 0.29) is 11.0 Å². The molecule has 0 saturated carbocycles. The number of fused-ring (bicyclic) bond motifs is 4. The van der Waals surface area contributed by atoms with Gasteiger partial charge in [-0.1, -0.05) is 141 Å². The van der Waals surface area contributed by atoms with Crippen molar-refractivity contribution >= 4 is 34.1 Å². The molecule has 61 heavy (non-hydrogen) atoms. The van der Waals surface area contributed by atoms with E-state index in [4.69, 9.17) is 0 Å². The third-order valence-electron chi connectivity index (χ3n) is 13.1. The monoisotopic (exact) mass is 791 g/mol. The van der Waals surface area contributed by atoms with Gasteiger partial charge in [0.15, 0.2) is 0 Å². The van der Waals surface area contributed by atoms with Crippen molar-refractivity contribution in [1.29, 1.82) is 0 Å². The van der Waals surface area contributed by atoms with Crippen molar-refractivity contribution in [3.05, 3.63) is 216 Å². The summed E-state index contributed by atoms with van der Waals surface area (Å²) in [6, 6.07) is 71.3. The zero-order valence-electron chi connectivity index (χ0n) is 35.9. The molecule has 0 bridgehead atoms. The van der Waals surface area contributed by atoms with Crippen LogP contribution in [0.4, 0.5) is 34.1 Å². The van der Waals surface area contributed by atoms with E-state index >= 15 is 0 Å². The molecular weight excluding hydrogens is 739 g/mol. The quantitative estimate of drug-likeness (QED) is 0.152. The van der Waals surface area contributed by atoms with Gasteiger partial charge >= 0.3 is 0 Å². The van der Waals surface area contributed by atoms with E-state index in [0.29, 0.717) is 0 Å². The Balaban J connectivity index is 1.22. The summed E-state index contributed by atoms with van der Waals surface area (Å²) in [6.07, 6.45) is 1.00. The average molecular weight is 792 g/mol. The van der Waals surface area contributed by atoms with Crippen molar-refractivity contribution in [2.45, 2.75) is 58.5 Å². The van der Waals surface area contributed by atoms with Gasteiger partial charge in [0, 0.05) is 58.0 Å². The number of benzene rings is 8. The highest BCUT2D eigenvalue weighted by atomic mass is 15.2. The van der Waals surface area contributed by atoms with Crippen molar-refractivity contribution in [2.24, 2.45) is 0 Å². The van der Waals surface area contributed by atoms with Crippen LogP contribution in [0.25, 0.3) is 33.4 Å². The minimum atomic E-state index is -0.144. The summed E-state index contributed by atoms with van der Waals surface area (Å²) in [7, 11) is 0. The highest BCUT2D eigenvalue weighted by Crippen LogP contribution is 2.57. The molecule has 300 valence electrons. The molecule has 10 rings (SSSR count). The summed E-state index contributed by atoms with van der Waals surface area (Å²) in [6.45, 7) is 13.8. The van der Waals surface area contributed by atoms with Crippen molar-refractivity contribution in [3.8, 4) is 33.4 Å². The first-order chi connectivity index (χ1) is 29.7. The van der Waals surface area contributed by atoms with Crippen LogP contribution in [0.5, 0.6) is 0 Å². The molecule has 8 aromatic carbocycles. The van der Waals surface area contributed by atoms with Crippen LogP contribution in [0.2, 0.25) is 0 Å². The predicted octanol–water partition coefficient (Wildman–Crippen LogP) is 15.4. The summed E-state index contributed by atoms with van der Waals surface area (Å²) in [5.41, 5.74) is 20.1. The third kappa shape index (κ3) is 6.93. The number of anilines is 6. The Kier molecular flexibility index (Phi) is 9.73. The van der Waals surface area contributed by atoms with Gasteiger partial charge in [-0.2, -0.15) is 0 Å². The molecule has 0 saturated heterocycles. The second kappa shape index (κ2) is 15.4. The summed E-state index contributed by atoms with van der Waals surface area (Å²) < 4.78 is 0. The number of hydrogen-bond donors (Lipinski definition) is 0. The smallest absolute Gasteiger partial charge is 0.0546 e. The number of nitrogens with zero attached hydrogens (tertiary/aromatic N) is 3. The second-order valence-corrected chi connectivity index (χ2v) is 18.1. The SMILES string of the molecule is CC1(C)c2ccccc2-c2c1ccc(N(c1ccc(N(c3ccccc3)c3ccccc3)cc1)c1cccc(-c3ccccc3)c1)c2-c1cccc2c1CCN(C(C)(C)C)C2. The van der Waals surface area contributed by atoms with Crippen LogP contribution in [0.1, 0.15) is 56.9 Å². The van der Waals surface area contributed by atoms with Gasteiger partial charge in [-0.25, -0.2) is 0 Å². The van der Waals surface area contributed by atoms with E-state index in [1.54, 1.807) is 0 Å². The number of para-hydroxylation sites is 2. The fraction of sp³-hybridized carbons (Fsp3) is 0.172. The molecule has 0 spiro atoms. The largest absolute Gasteiger partial charge is 0.311 e. The van der Waals surface area contributed by atoms with Crippen molar-refractivity contribution in [3.63, 3.8) is 0 Å². The molecule has 2 aliphatic rings. The number of rotatable bonds is 8. The van der Waals surface area contributed by atoms with E-state index in [2.05, 4.69) is 243 Å². The number of hydrogen-bond acceptors (Lipinski definition) is 3. The molecule has 8 aromatic rings. The molecule has 0 atom stereocenters. The fourth-order valence-electron chi connectivity index (χ4n) is 9.89. The Hall–Kier alpha value is -6.68. The molecule has 3 heteroatoms. The van der Waals surface area contributed by atoms with E-state index < -0.39 is 0 Å². The van der Waals surface area contributed by atoms with Gasteiger partial charge in [-0.3, -0.25) is 4.90 Å². The zero-order valence-corrected chi connectivity index (χ0v) is 35.9. The minimum Gasteiger partial charge on any atom is -0.311 e. The first-order valence-electron chi connectivity index (χ1n) is 21.8. The van der Waals surface area contributed by atoms with E-state index in [0.717, 1.165) is 47.9 Å². The van der Waals surface area contributed by atoms with Crippen molar-refractivity contribution in [1.82, 2.24) is 4.90 Å². The first kappa shape index (κ1) is 38.5. The molecule has 0 fully saturated rings. The molecule has 0 radical (unpaired) electrons. The maximum Gasteiger partial charge on any atom is 0.0546 e. The Labute approximate surface area is 362 Å². The van der Waals surface area contributed by atoms with Crippen LogP contribution in [0, 0.1) is 0 Å². The summed E-state index contributed by atoms with van der Waals surface area (Å²) in [4.78, 5) is 7.48. The van der Waals surface area contributed by atoms with Crippen LogP contribution in [0.3, 0.4) is 0 Å². The standard InChI is InChI=1S/C58H53N3/c1-57(2,3)59-38-37-49-43(40-59)22-18-29-50(49)56-54(36-35-53-55(56)51-28-15-16-30-52(51)58(53,4)5)61(48-27-17-21-42(39-48)41-19-9-6-10-20-41)47-33-31-46(32-34-47)60(44-23-11-7-12-24-44)45-25-13-8-14-26-45/h6-36,39H,37-38,40H2,1-5H3. The molecule has 1 aliphatic carbocycles. The highest BCUT2D eigenvalue weighted by Gasteiger charge is 2.39. The molecule has 0 unspecified atom stereocenters. The van der Waals surface area contributed by atoms with Gasteiger partial charge in [0.1, 0.15) is 0 Å². The minimum absolute atomic E-state index is 0.0964. The van der Waals surface area contributed by atoms with Gasteiger partial charge in [-0.05, 0) is 144 Å². The molecule has 1 heterocycles. The summed E-state index contributed by atoms with van der Waals surface area (Å²) in [5, 5.41) is 0. The Morgan fingerprint density at radius 1 is 0.459 bits per heavy atom. The summed E-state index contributed by atoms with van der Waals surface area (Å²) in [5.74, 6) is 0. The Morgan fingerprint density at radius 2 is 1.00 bits per heavy atom. The van der Waals surface area contributed by atoms with Crippen molar-refractivity contribution < 1.29 is 0 Å². The van der Waals surface area contributed by atoms with Gasteiger partial charge < -0.3 is 9.80 Å². The van der Waals surface area contributed by atoms with Gasteiger partial charge in [0.25, 0.3) is 0 Å². The summed E-state index contributed by atoms with van der Waals surface area (Å²) >= 11 is 0. The maximum absolute atomic E-state index is 2.63. The molecule has 3 nitrogen and oxygen atoms in total. The van der Waals surface area contributed by atoms with E-state index in [1.165, 1.54) is 61.3 Å². The molecule has 0 amide bonds. The average Bonchev–Trinajstić information content (AvgIpc) is 3.53. The normalized spacial score (nSPS) is 14.2. The molecule has 1 aliphatic heterocycles. The van der Waals surface area contributed by atoms with Crippen molar-refractivity contribution in [2.75, 3.05) is 16.3 Å².